The Morgan fingerprint density at radius 3 is 2.29 bits per heavy atom. The van der Waals surface area contributed by atoms with Crippen LogP contribution < -0.4 is 10.5 Å². The SMILES string of the molecule is Nc1ccc(OC2CC(F)(F)C2)cc1. The first-order valence-electron chi connectivity index (χ1n) is 4.45. The van der Waals surface area contributed by atoms with Gasteiger partial charge in [0.25, 0.3) is 5.92 Å². The van der Waals surface area contributed by atoms with E-state index < -0.39 is 5.92 Å². The van der Waals surface area contributed by atoms with Crippen LogP contribution in [0.5, 0.6) is 5.75 Å². The zero-order chi connectivity index (χ0) is 10.2. The molecule has 0 atom stereocenters. The quantitative estimate of drug-likeness (QED) is 0.742. The Bertz CT molecular complexity index is 315. The van der Waals surface area contributed by atoms with Crippen LogP contribution in [0.15, 0.2) is 24.3 Å². The first-order chi connectivity index (χ1) is 6.55. The van der Waals surface area contributed by atoms with E-state index in [1.807, 2.05) is 0 Å². The average molecular weight is 199 g/mol. The molecule has 0 aromatic heterocycles. The molecule has 4 heteroatoms. The van der Waals surface area contributed by atoms with Crippen molar-refractivity contribution < 1.29 is 13.5 Å². The Balaban J connectivity index is 1.90. The number of benzene rings is 1. The van der Waals surface area contributed by atoms with Gasteiger partial charge >= 0.3 is 0 Å². The van der Waals surface area contributed by atoms with Gasteiger partial charge in [-0.3, -0.25) is 0 Å². The summed E-state index contributed by atoms with van der Waals surface area (Å²) >= 11 is 0. The van der Waals surface area contributed by atoms with Crippen molar-refractivity contribution in [3.63, 3.8) is 0 Å². The summed E-state index contributed by atoms with van der Waals surface area (Å²) in [7, 11) is 0. The molecule has 1 aromatic carbocycles. The summed E-state index contributed by atoms with van der Waals surface area (Å²) in [6, 6.07) is 6.75. The number of alkyl halides is 2. The van der Waals surface area contributed by atoms with E-state index >= 15 is 0 Å². The highest BCUT2D eigenvalue weighted by Gasteiger charge is 2.46. The fourth-order valence-corrected chi connectivity index (χ4v) is 1.43. The zero-order valence-corrected chi connectivity index (χ0v) is 7.54. The lowest BCUT2D eigenvalue weighted by molar-refractivity contribution is -0.134. The molecule has 0 saturated heterocycles. The number of nitrogen functional groups attached to an aromatic ring is 1. The molecule has 0 unspecified atom stereocenters. The number of anilines is 1. The van der Waals surface area contributed by atoms with Crippen LogP contribution >= 0.6 is 0 Å². The van der Waals surface area contributed by atoms with E-state index in [1.165, 1.54) is 0 Å². The van der Waals surface area contributed by atoms with Gasteiger partial charge in [0.05, 0.1) is 0 Å². The van der Waals surface area contributed by atoms with E-state index in [9.17, 15) is 8.78 Å². The number of nitrogens with two attached hydrogens (primary N) is 1. The van der Waals surface area contributed by atoms with Gasteiger partial charge in [-0.1, -0.05) is 0 Å². The molecule has 1 saturated carbocycles. The van der Waals surface area contributed by atoms with E-state index in [0.717, 1.165) is 0 Å². The molecule has 0 spiro atoms. The Morgan fingerprint density at radius 1 is 1.21 bits per heavy atom. The minimum Gasteiger partial charge on any atom is -0.490 e. The number of hydrogen-bond acceptors (Lipinski definition) is 2. The van der Waals surface area contributed by atoms with Gasteiger partial charge in [0, 0.05) is 18.5 Å². The van der Waals surface area contributed by atoms with Crippen molar-refractivity contribution in [1.29, 1.82) is 0 Å². The van der Waals surface area contributed by atoms with E-state index in [1.54, 1.807) is 24.3 Å². The molecule has 76 valence electrons. The fraction of sp³-hybridized carbons (Fsp3) is 0.400. The Morgan fingerprint density at radius 2 is 1.79 bits per heavy atom. The second kappa shape index (κ2) is 3.12. The van der Waals surface area contributed by atoms with Gasteiger partial charge in [0.2, 0.25) is 0 Å². The van der Waals surface area contributed by atoms with Crippen LogP contribution in [-0.4, -0.2) is 12.0 Å². The lowest BCUT2D eigenvalue weighted by atomic mass is 9.91. The molecular weight excluding hydrogens is 188 g/mol. The minimum atomic E-state index is -2.53. The molecule has 0 radical (unpaired) electrons. The van der Waals surface area contributed by atoms with Crippen LogP contribution in [0.3, 0.4) is 0 Å². The summed E-state index contributed by atoms with van der Waals surface area (Å²) in [5, 5.41) is 0. The van der Waals surface area contributed by atoms with Crippen molar-refractivity contribution in [1.82, 2.24) is 0 Å². The maximum Gasteiger partial charge on any atom is 0.255 e. The third-order valence-electron chi connectivity index (χ3n) is 2.24. The van der Waals surface area contributed by atoms with E-state index in [0.29, 0.717) is 11.4 Å². The monoisotopic (exact) mass is 199 g/mol. The summed E-state index contributed by atoms with van der Waals surface area (Å²) in [6.45, 7) is 0. The molecule has 0 aliphatic heterocycles. The van der Waals surface area contributed by atoms with Gasteiger partial charge in [-0.25, -0.2) is 8.78 Å². The highest BCUT2D eigenvalue weighted by atomic mass is 19.3. The predicted molar refractivity (Wildman–Crippen MR) is 49.5 cm³/mol. The highest BCUT2D eigenvalue weighted by molar-refractivity contribution is 5.41. The van der Waals surface area contributed by atoms with Gasteiger partial charge in [0.15, 0.2) is 0 Å². The molecular formula is C10H11F2NO. The van der Waals surface area contributed by atoms with Crippen LogP contribution in [0.25, 0.3) is 0 Å². The topological polar surface area (TPSA) is 35.2 Å². The molecule has 1 aliphatic rings. The van der Waals surface area contributed by atoms with Gasteiger partial charge in [-0.2, -0.15) is 0 Å². The van der Waals surface area contributed by atoms with Crippen molar-refractivity contribution in [2.75, 3.05) is 5.73 Å². The summed E-state index contributed by atoms with van der Waals surface area (Å²) < 4.78 is 30.2. The third-order valence-corrected chi connectivity index (χ3v) is 2.24. The molecule has 1 fully saturated rings. The van der Waals surface area contributed by atoms with Crippen molar-refractivity contribution in [2.24, 2.45) is 0 Å². The molecule has 1 aliphatic carbocycles. The molecule has 14 heavy (non-hydrogen) atoms. The summed E-state index contributed by atoms with van der Waals surface area (Å²) in [6.07, 6.45) is -0.719. The molecule has 1 aromatic rings. The first-order valence-corrected chi connectivity index (χ1v) is 4.45. The van der Waals surface area contributed by atoms with Crippen LogP contribution in [0, 0.1) is 0 Å². The maximum absolute atomic E-state index is 12.5. The van der Waals surface area contributed by atoms with Crippen LogP contribution in [0.1, 0.15) is 12.8 Å². The van der Waals surface area contributed by atoms with E-state index in [4.69, 9.17) is 10.5 Å². The van der Waals surface area contributed by atoms with E-state index in [2.05, 4.69) is 0 Å². The van der Waals surface area contributed by atoms with Crippen molar-refractivity contribution in [3.05, 3.63) is 24.3 Å². The fourth-order valence-electron chi connectivity index (χ4n) is 1.43. The Kier molecular flexibility index (Phi) is 2.06. The second-order valence-electron chi connectivity index (χ2n) is 3.57. The Labute approximate surface area is 80.7 Å². The van der Waals surface area contributed by atoms with Crippen molar-refractivity contribution >= 4 is 5.69 Å². The number of hydrogen-bond donors (Lipinski definition) is 1. The van der Waals surface area contributed by atoms with Gasteiger partial charge in [-0.05, 0) is 24.3 Å². The Hall–Kier alpha value is -1.32. The molecule has 0 bridgehead atoms. The van der Waals surface area contributed by atoms with Crippen molar-refractivity contribution in [2.45, 2.75) is 24.9 Å². The van der Waals surface area contributed by atoms with Crippen LogP contribution in [-0.2, 0) is 0 Å². The molecule has 2 nitrogen and oxygen atoms in total. The first kappa shape index (κ1) is 9.24. The molecule has 0 heterocycles. The van der Waals surface area contributed by atoms with E-state index in [-0.39, 0.29) is 18.9 Å². The molecule has 2 rings (SSSR count). The standard InChI is InChI=1S/C10H11F2NO/c11-10(12)5-9(6-10)14-8-3-1-7(13)2-4-8/h1-4,9H,5-6,13H2. The summed E-state index contributed by atoms with van der Waals surface area (Å²) in [5.41, 5.74) is 6.11. The summed E-state index contributed by atoms with van der Waals surface area (Å²) in [4.78, 5) is 0. The smallest absolute Gasteiger partial charge is 0.255 e. The third kappa shape index (κ3) is 1.95. The largest absolute Gasteiger partial charge is 0.490 e. The zero-order valence-electron chi connectivity index (χ0n) is 7.54. The summed E-state index contributed by atoms with van der Waals surface area (Å²) in [5.74, 6) is -1.93. The number of ether oxygens (including phenoxy) is 1. The van der Waals surface area contributed by atoms with Crippen molar-refractivity contribution in [3.8, 4) is 5.75 Å². The van der Waals surface area contributed by atoms with Gasteiger partial charge < -0.3 is 10.5 Å². The van der Waals surface area contributed by atoms with Crippen LogP contribution in [0.4, 0.5) is 14.5 Å². The molecule has 2 N–H and O–H groups in total. The molecule has 0 amide bonds. The van der Waals surface area contributed by atoms with Gasteiger partial charge in [-0.15, -0.1) is 0 Å². The average Bonchev–Trinajstić information content (AvgIpc) is 2.06. The second-order valence-corrected chi connectivity index (χ2v) is 3.57. The highest BCUT2D eigenvalue weighted by Crippen LogP contribution is 2.39. The normalized spacial score (nSPS) is 20.1. The van der Waals surface area contributed by atoms with Gasteiger partial charge in [0.1, 0.15) is 11.9 Å². The van der Waals surface area contributed by atoms with Crippen LogP contribution in [0.2, 0.25) is 0 Å². The predicted octanol–water partition coefficient (Wildman–Crippen LogP) is 2.45. The minimum absolute atomic E-state index is 0.183. The lowest BCUT2D eigenvalue weighted by Crippen LogP contribution is -2.43. The lowest BCUT2D eigenvalue weighted by Gasteiger charge is -2.34. The maximum atomic E-state index is 12.5. The number of halogens is 2. The number of rotatable bonds is 2.